The molecular formula is C27H42ClFN2O4. The zero-order valence-electron chi connectivity index (χ0n) is 21.2. The minimum atomic E-state index is -1.41. The van der Waals surface area contributed by atoms with Crippen molar-refractivity contribution in [3.8, 4) is 0 Å². The Labute approximate surface area is 214 Å². The summed E-state index contributed by atoms with van der Waals surface area (Å²) in [7, 11) is 3.38. The lowest BCUT2D eigenvalue weighted by Gasteiger charge is -2.43. The van der Waals surface area contributed by atoms with Crippen LogP contribution in [0.15, 0.2) is 18.2 Å². The van der Waals surface area contributed by atoms with Crippen molar-refractivity contribution in [3.63, 3.8) is 0 Å². The molecule has 3 atom stereocenters. The van der Waals surface area contributed by atoms with E-state index in [2.05, 4.69) is 0 Å². The van der Waals surface area contributed by atoms with Crippen LogP contribution in [0.3, 0.4) is 0 Å². The predicted octanol–water partition coefficient (Wildman–Crippen LogP) is 4.50. The number of halogens is 2. The van der Waals surface area contributed by atoms with Crippen LogP contribution in [0, 0.1) is 23.6 Å². The summed E-state index contributed by atoms with van der Waals surface area (Å²) in [5, 5.41) is 11.9. The van der Waals surface area contributed by atoms with Crippen molar-refractivity contribution in [2.75, 3.05) is 40.5 Å². The number of ether oxygens (including phenoxy) is 2. The third-order valence-electron chi connectivity index (χ3n) is 8.01. The topological polar surface area (TPSA) is 85.0 Å². The fourth-order valence-electron chi connectivity index (χ4n) is 5.80. The van der Waals surface area contributed by atoms with E-state index in [0.29, 0.717) is 57.5 Å². The first-order chi connectivity index (χ1) is 16.8. The number of piperidine rings is 1. The zero-order chi connectivity index (χ0) is 25.4. The van der Waals surface area contributed by atoms with Gasteiger partial charge in [0.1, 0.15) is 5.82 Å². The Bertz CT molecular complexity index is 822. The summed E-state index contributed by atoms with van der Waals surface area (Å²) in [6.45, 7) is 2.11. The molecule has 3 N–H and O–H groups in total. The largest absolute Gasteiger partial charge is 0.385 e. The molecule has 35 heavy (non-hydrogen) atoms. The maximum atomic E-state index is 15.1. The molecule has 0 bridgehead atoms. The van der Waals surface area contributed by atoms with Crippen molar-refractivity contribution in [2.45, 2.75) is 69.5 Å². The Morgan fingerprint density at radius 1 is 1.34 bits per heavy atom. The maximum Gasteiger partial charge on any atom is 0.222 e. The number of nitrogens with zero attached hydrogens (tertiary/aromatic N) is 1. The Morgan fingerprint density at radius 2 is 2.11 bits per heavy atom. The molecule has 8 heteroatoms. The number of carbonyl (C=O) groups excluding carboxylic acids is 1. The molecule has 1 saturated carbocycles. The number of likely N-dealkylation sites (tertiary alicyclic amines) is 1. The summed E-state index contributed by atoms with van der Waals surface area (Å²) in [5.74, 6) is -0.0745. The van der Waals surface area contributed by atoms with Gasteiger partial charge in [-0.2, -0.15) is 0 Å². The van der Waals surface area contributed by atoms with Crippen molar-refractivity contribution in [1.29, 1.82) is 0 Å². The van der Waals surface area contributed by atoms with Crippen molar-refractivity contribution < 1.29 is 23.8 Å². The summed E-state index contributed by atoms with van der Waals surface area (Å²) in [5.41, 5.74) is 4.84. The van der Waals surface area contributed by atoms with Crippen LogP contribution in [-0.2, 0) is 19.9 Å². The monoisotopic (exact) mass is 512 g/mol. The Hall–Kier alpha value is -1.25. The summed E-state index contributed by atoms with van der Waals surface area (Å²) < 4.78 is 25.6. The Balaban J connectivity index is 1.69. The second-order valence-corrected chi connectivity index (χ2v) is 10.8. The van der Waals surface area contributed by atoms with E-state index in [-0.39, 0.29) is 28.3 Å². The van der Waals surface area contributed by atoms with Crippen LogP contribution in [-0.4, -0.2) is 62.5 Å². The van der Waals surface area contributed by atoms with E-state index >= 15 is 4.39 Å². The number of hydrogen-bond acceptors (Lipinski definition) is 5. The number of amides is 1. The lowest BCUT2D eigenvalue weighted by molar-refractivity contribution is -0.138. The van der Waals surface area contributed by atoms with Crippen LogP contribution in [0.25, 0.3) is 0 Å². The Morgan fingerprint density at radius 3 is 2.80 bits per heavy atom. The third-order valence-corrected chi connectivity index (χ3v) is 8.30. The van der Waals surface area contributed by atoms with Crippen LogP contribution < -0.4 is 5.73 Å². The fourth-order valence-corrected chi connectivity index (χ4v) is 5.98. The van der Waals surface area contributed by atoms with Gasteiger partial charge >= 0.3 is 0 Å². The molecular weight excluding hydrogens is 471 g/mol. The van der Waals surface area contributed by atoms with Gasteiger partial charge in [0.05, 0.1) is 16.7 Å². The molecule has 0 unspecified atom stereocenters. The first kappa shape index (κ1) is 28.3. The van der Waals surface area contributed by atoms with E-state index in [9.17, 15) is 9.90 Å². The third kappa shape index (κ3) is 7.16. The molecule has 0 spiro atoms. The van der Waals surface area contributed by atoms with Crippen molar-refractivity contribution in [1.82, 2.24) is 4.90 Å². The lowest BCUT2D eigenvalue weighted by Crippen LogP contribution is -2.49. The van der Waals surface area contributed by atoms with Crippen molar-refractivity contribution >= 4 is 17.5 Å². The molecule has 1 amide bonds. The van der Waals surface area contributed by atoms with Gasteiger partial charge in [0.2, 0.25) is 5.91 Å². The van der Waals surface area contributed by atoms with Gasteiger partial charge in [-0.15, -0.1) is 0 Å². The number of rotatable bonds is 13. The lowest BCUT2D eigenvalue weighted by atomic mass is 9.73. The summed E-state index contributed by atoms with van der Waals surface area (Å²) >= 11 is 6.08. The molecule has 0 radical (unpaired) electrons. The normalized spacial score (nSPS) is 25.1. The first-order valence-corrected chi connectivity index (χ1v) is 13.4. The van der Waals surface area contributed by atoms with E-state index in [4.69, 9.17) is 26.8 Å². The van der Waals surface area contributed by atoms with Gasteiger partial charge in [-0.25, -0.2) is 4.39 Å². The number of carbonyl (C=O) groups is 1. The maximum absolute atomic E-state index is 15.1. The number of nitrogens with two attached hydrogens (primary N) is 1. The van der Waals surface area contributed by atoms with E-state index in [1.54, 1.807) is 26.4 Å². The van der Waals surface area contributed by atoms with E-state index < -0.39 is 11.4 Å². The molecule has 1 aliphatic carbocycles. The molecule has 1 heterocycles. The highest BCUT2D eigenvalue weighted by Gasteiger charge is 2.43. The summed E-state index contributed by atoms with van der Waals surface area (Å²) in [4.78, 5) is 15.1. The second kappa shape index (κ2) is 13.3. The van der Waals surface area contributed by atoms with E-state index in [1.807, 2.05) is 4.90 Å². The minimum absolute atomic E-state index is 0.000877. The van der Waals surface area contributed by atoms with Crippen molar-refractivity contribution in [2.24, 2.45) is 23.5 Å². The molecule has 198 valence electrons. The fraction of sp³-hybridized carbons (Fsp3) is 0.741. The van der Waals surface area contributed by atoms with Crippen LogP contribution in [0.5, 0.6) is 0 Å². The quantitative estimate of drug-likeness (QED) is 0.380. The molecule has 0 aromatic heterocycles. The van der Waals surface area contributed by atoms with Gasteiger partial charge in [-0.1, -0.05) is 23.7 Å². The Kier molecular flexibility index (Phi) is 10.8. The number of hydrogen-bond donors (Lipinski definition) is 2. The molecule has 1 aromatic rings. The number of unbranched alkanes of at least 4 members (excludes halogenated alkanes) is 1. The molecule has 2 fully saturated rings. The van der Waals surface area contributed by atoms with Gasteiger partial charge in [0.15, 0.2) is 0 Å². The van der Waals surface area contributed by atoms with Crippen LogP contribution in [0.4, 0.5) is 4.39 Å². The number of benzene rings is 1. The second-order valence-electron chi connectivity index (χ2n) is 10.4. The molecule has 1 aliphatic heterocycles. The summed E-state index contributed by atoms with van der Waals surface area (Å²) in [6, 6.07) is 4.79. The zero-order valence-corrected chi connectivity index (χ0v) is 21.9. The van der Waals surface area contributed by atoms with Gasteiger partial charge < -0.3 is 25.2 Å². The highest BCUT2D eigenvalue weighted by Crippen LogP contribution is 2.42. The predicted molar refractivity (Wildman–Crippen MR) is 136 cm³/mol. The van der Waals surface area contributed by atoms with Crippen molar-refractivity contribution in [3.05, 3.63) is 34.6 Å². The van der Waals surface area contributed by atoms with Gasteiger partial charge in [0.25, 0.3) is 0 Å². The molecule has 2 aliphatic rings. The van der Waals surface area contributed by atoms with Crippen LogP contribution in [0.2, 0.25) is 5.02 Å². The SMILES string of the molecule is COCCCC[C@@](O)(c1cccc(Cl)c1F)[C@@H]1CCCN(C(=O)C[C@H](CN)CC2CC(OC)C2)C1. The average Bonchev–Trinajstić information content (AvgIpc) is 2.84. The molecule has 3 rings (SSSR count). The summed E-state index contributed by atoms with van der Waals surface area (Å²) in [6.07, 6.45) is 7.08. The number of aliphatic hydroxyl groups is 1. The molecule has 1 saturated heterocycles. The van der Waals surface area contributed by atoms with E-state index in [0.717, 1.165) is 38.5 Å². The average molecular weight is 513 g/mol. The van der Waals surface area contributed by atoms with Crippen LogP contribution >= 0.6 is 11.6 Å². The highest BCUT2D eigenvalue weighted by molar-refractivity contribution is 6.30. The van der Waals surface area contributed by atoms with Gasteiger partial charge in [0, 0.05) is 51.8 Å². The van der Waals surface area contributed by atoms with Crippen LogP contribution in [0.1, 0.15) is 63.4 Å². The standard InChI is InChI=1S/C27H42ClFN2O4/c1-34-12-4-3-10-27(33,23-8-5-9-24(28)26(23)29)21-7-6-11-31(18-21)25(32)16-20(17-30)13-19-14-22(15-19)35-2/h5,8-9,19-22,33H,3-4,6-7,10-18,30H2,1-2H3/t19?,20-,21-,22?,27+/m1/s1. The first-order valence-electron chi connectivity index (χ1n) is 13.0. The minimum Gasteiger partial charge on any atom is -0.385 e. The molecule has 1 aromatic carbocycles. The number of methoxy groups -OCH3 is 2. The van der Waals surface area contributed by atoms with E-state index in [1.165, 1.54) is 6.07 Å². The molecule has 6 nitrogen and oxygen atoms in total. The smallest absolute Gasteiger partial charge is 0.222 e. The highest BCUT2D eigenvalue weighted by atomic mass is 35.5. The van der Waals surface area contributed by atoms with Gasteiger partial charge in [-0.3, -0.25) is 4.79 Å². The van der Waals surface area contributed by atoms with Gasteiger partial charge in [-0.05, 0) is 75.8 Å².